The number of hydrogen-bond donors (Lipinski definition) is 3. The average molecular weight is 256 g/mol. The standard InChI is InChI=1S/C14H28N2O2/c1-14(2,3)16-9-8-13(18)15-10-11-6-4-5-7-12(11)17/h11-12,16-17H,4-10H2,1-3H3,(H,15,18). The van der Waals surface area contributed by atoms with E-state index in [0.717, 1.165) is 19.3 Å². The van der Waals surface area contributed by atoms with E-state index in [1.54, 1.807) is 0 Å². The van der Waals surface area contributed by atoms with Crippen LogP contribution < -0.4 is 10.6 Å². The van der Waals surface area contributed by atoms with Gasteiger partial charge in [0.05, 0.1) is 6.10 Å². The molecule has 0 heterocycles. The quantitative estimate of drug-likeness (QED) is 0.697. The summed E-state index contributed by atoms with van der Waals surface area (Å²) in [6.45, 7) is 7.58. The lowest BCUT2D eigenvalue weighted by atomic mass is 9.86. The fraction of sp³-hybridized carbons (Fsp3) is 0.929. The maximum Gasteiger partial charge on any atom is 0.221 e. The molecule has 0 aromatic rings. The van der Waals surface area contributed by atoms with Gasteiger partial charge in [-0.2, -0.15) is 0 Å². The summed E-state index contributed by atoms with van der Waals surface area (Å²) in [4.78, 5) is 11.6. The second-order valence-corrected chi connectivity index (χ2v) is 6.34. The van der Waals surface area contributed by atoms with Gasteiger partial charge in [-0.25, -0.2) is 0 Å². The van der Waals surface area contributed by atoms with Gasteiger partial charge in [-0.3, -0.25) is 4.79 Å². The summed E-state index contributed by atoms with van der Waals surface area (Å²) < 4.78 is 0. The molecule has 18 heavy (non-hydrogen) atoms. The summed E-state index contributed by atoms with van der Waals surface area (Å²) in [6, 6.07) is 0. The molecule has 1 fully saturated rings. The first-order valence-electron chi connectivity index (χ1n) is 7.08. The van der Waals surface area contributed by atoms with E-state index in [0.29, 0.717) is 19.5 Å². The Balaban J connectivity index is 2.13. The van der Waals surface area contributed by atoms with Crippen molar-refractivity contribution in [3.8, 4) is 0 Å². The van der Waals surface area contributed by atoms with Gasteiger partial charge >= 0.3 is 0 Å². The van der Waals surface area contributed by atoms with Crippen LogP contribution >= 0.6 is 0 Å². The normalized spacial score (nSPS) is 24.9. The van der Waals surface area contributed by atoms with Crippen LogP contribution in [0.2, 0.25) is 0 Å². The first-order valence-corrected chi connectivity index (χ1v) is 7.08. The van der Waals surface area contributed by atoms with E-state index in [9.17, 15) is 9.90 Å². The molecule has 0 aliphatic heterocycles. The Kier molecular flexibility index (Phi) is 6.09. The Morgan fingerprint density at radius 1 is 1.28 bits per heavy atom. The molecule has 106 valence electrons. The lowest BCUT2D eigenvalue weighted by Gasteiger charge is -2.27. The Hall–Kier alpha value is -0.610. The van der Waals surface area contributed by atoms with Crippen molar-refractivity contribution in [3.63, 3.8) is 0 Å². The van der Waals surface area contributed by atoms with Crippen LogP contribution in [0.25, 0.3) is 0 Å². The van der Waals surface area contributed by atoms with E-state index >= 15 is 0 Å². The van der Waals surface area contributed by atoms with Crippen LogP contribution in [0.4, 0.5) is 0 Å². The highest BCUT2D eigenvalue weighted by Crippen LogP contribution is 2.23. The minimum Gasteiger partial charge on any atom is -0.393 e. The third-order valence-corrected chi connectivity index (χ3v) is 3.44. The van der Waals surface area contributed by atoms with Crippen LogP contribution in [0, 0.1) is 5.92 Å². The van der Waals surface area contributed by atoms with Crippen LogP contribution in [0.15, 0.2) is 0 Å². The van der Waals surface area contributed by atoms with Gasteiger partial charge in [-0.15, -0.1) is 0 Å². The molecule has 2 atom stereocenters. The van der Waals surface area contributed by atoms with Crippen molar-refractivity contribution in [3.05, 3.63) is 0 Å². The maximum absolute atomic E-state index is 11.6. The fourth-order valence-corrected chi connectivity index (χ4v) is 2.31. The molecule has 3 N–H and O–H groups in total. The predicted octanol–water partition coefficient (Wildman–Crippen LogP) is 1.43. The van der Waals surface area contributed by atoms with E-state index in [1.165, 1.54) is 6.42 Å². The summed E-state index contributed by atoms with van der Waals surface area (Å²) in [5.41, 5.74) is 0.0554. The van der Waals surface area contributed by atoms with Gasteiger partial charge in [-0.05, 0) is 33.6 Å². The van der Waals surface area contributed by atoms with Crippen molar-refractivity contribution in [1.82, 2.24) is 10.6 Å². The van der Waals surface area contributed by atoms with Gasteiger partial charge < -0.3 is 15.7 Å². The van der Waals surface area contributed by atoms with E-state index in [2.05, 4.69) is 31.4 Å². The van der Waals surface area contributed by atoms with Crippen molar-refractivity contribution in [2.24, 2.45) is 5.92 Å². The number of hydrogen-bond acceptors (Lipinski definition) is 3. The monoisotopic (exact) mass is 256 g/mol. The topological polar surface area (TPSA) is 61.4 Å². The minimum absolute atomic E-state index is 0.0554. The highest BCUT2D eigenvalue weighted by atomic mass is 16.3. The van der Waals surface area contributed by atoms with Crippen LogP contribution in [-0.4, -0.2) is 35.7 Å². The lowest BCUT2D eigenvalue weighted by molar-refractivity contribution is -0.121. The second kappa shape index (κ2) is 7.10. The van der Waals surface area contributed by atoms with E-state index in [4.69, 9.17) is 0 Å². The molecule has 1 amide bonds. The molecule has 0 aromatic carbocycles. The molecule has 0 radical (unpaired) electrons. The number of carbonyl (C=O) groups excluding carboxylic acids is 1. The summed E-state index contributed by atoms with van der Waals surface area (Å²) in [5.74, 6) is 0.322. The predicted molar refractivity (Wildman–Crippen MR) is 73.3 cm³/mol. The van der Waals surface area contributed by atoms with Crippen LogP contribution in [0.1, 0.15) is 52.9 Å². The van der Waals surface area contributed by atoms with Gasteiger partial charge in [0.2, 0.25) is 5.91 Å². The summed E-state index contributed by atoms with van der Waals surface area (Å²) in [7, 11) is 0. The van der Waals surface area contributed by atoms with Crippen LogP contribution in [0.5, 0.6) is 0 Å². The van der Waals surface area contributed by atoms with Crippen molar-refractivity contribution < 1.29 is 9.90 Å². The summed E-state index contributed by atoms with van der Waals surface area (Å²) in [5, 5.41) is 16.0. The molecular formula is C14H28N2O2. The smallest absolute Gasteiger partial charge is 0.221 e. The second-order valence-electron chi connectivity index (χ2n) is 6.34. The molecule has 0 aromatic heterocycles. The molecule has 1 saturated carbocycles. The largest absolute Gasteiger partial charge is 0.393 e. The van der Waals surface area contributed by atoms with E-state index in [1.807, 2.05) is 0 Å². The highest BCUT2D eigenvalue weighted by Gasteiger charge is 2.23. The van der Waals surface area contributed by atoms with Crippen molar-refractivity contribution in [2.45, 2.75) is 64.5 Å². The molecule has 0 spiro atoms. The minimum atomic E-state index is -0.230. The first kappa shape index (κ1) is 15.4. The lowest BCUT2D eigenvalue weighted by Crippen LogP contribution is -2.40. The Bertz CT molecular complexity index is 261. The molecule has 1 aliphatic carbocycles. The van der Waals surface area contributed by atoms with Gasteiger partial charge in [0.1, 0.15) is 0 Å². The molecular weight excluding hydrogens is 228 g/mol. The molecule has 2 unspecified atom stereocenters. The Morgan fingerprint density at radius 2 is 1.94 bits per heavy atom. The van der Waals surface area contributed by atoms with Gasteiger partial charge in [0.25, 0.3) is 0 Å². The Morgan fingerprint density at radius 3 is 2.56 bits per heavy atom. The third kappa shape index (κ3) is 6.36. The zero-order valence-corrected chi connectivity index (χ0v) is 12.0. The summed E-state index contributed by atoms with van der Waals surface area (Å²) in [6.07, 6.45) is 4.46. The zero-order chi connectivity index (χ0) is 13.6. The third-order valence-electron chi connectivity index (χ3n) is 3.44. The van der Waals surface area contributed by atoms with Crippen molar-refractivity contribution >= 4 is 5.91 Å². The molecule has 4 nitrogen and oxygen atoms in total. The van der Waals surface area contributed by atoms with Crippen LogP contribution in [-0.2, 0) is 4.79 Å². The number of aliphatic hydroxyl groups is 1. The number of rotatable bonds is 5. The molecule has 4 heteroatoms. The zero-order valence-electron chi connectivity index (χ0n) is 12.0. The van der Waals surface area contributed by atoms with E-state index < -0.39 is 0 Å². The van der Waals surface area contributed by atoms with Crippen LogP contribution in [0.3, 0.4) is 0 Å². The molecule has 1 aliphatic rings. The SMILES string of the molecule is CC(C)(C)NCCC(=O)NCC1CCCCC1O. The maximum atomic E-state index is 11.6. The van der Waals surface area contributed by atoms with E-state index in [-0.39, 0.29) is 23.5 Å². The van der Waals surface area contributed by atoms with Gasteiger partial charge in [0, 0.05) is 31.0 Å². The Labute approximate surface area is 111 Å². The number of amides is 1. The average Bonchev–Trinajstić information content (AvgIpc) is 2.26. The number of carbonyl (C=O) groups is 1. The molecule has 0 bridgehead atoms. The number of aliphatic hydroxyl groups excluding tert-OH is 1. The van der Waals surface area contributed by atoms with Crippen molar-refractivity contribution in [2.75, 3.05) is 13.1 Å². The molecule has 1 rings (SSSR count). The van der Waals surface area contributed by atoms with Crippen molar-refractivity contribution in [1.29, 1.82) is 0 Å². The number of nitrogens with one attached hydrogen (secondary N) is 2. The fourth-order valence-electron chi connectivity index (χ4n) is 2.31. The molecule has 0 saturated heterocycles. The summed E-state index contributed by atoms with van der Waals surface area (Å²) >= 11 is 0. The van der Waals surface area contributed by atoms with Gasteiger partial charge in [-0.1, -0.05) is 12.8 Å². The first-order chi connectivity index (χ1) is 8.38. The highest BCUT2D eigenvalue weighted by molar-refractivity contribution is 5.76. The van der Waals surface area contributed by atoms with Gasteiger partial charge in [0.15, 0.2) is 0 Å².